The van der Waals surface area contributed by atoms with Crippen LogP contribution < -0.4 is 10.2 Å². The van der Waals surface area contributed by atoms with Crippen LogP contribution in [0.2, 0.25) is 0 Å². The number of rotatable bonds is 6. The number of ether oxygens (including phenoxy) is 1. The fraction of sp³-hybridized carbons (Fsp3) is 0.345. The van der Waals surface area contributed by atoms with Crippen LogP contribution >= 0.6 is 0 Å². The molecule has 1 aliphatic rings. The molecule has 1 aliphatic heterocycles. The van der Waals surface area contributed by atoms with E-state index in [1.165, 1.54) is 6.20 Å². The van der Waals surface area contributed by atoms with Gasteiger partial charge in [0.1, 0.15) is 17.0 Å². The summed E-state index contributed by atoms with van der Waals surface area (Å²) in [6.07, 6.45) is 6.06. The van der Waals surface area contributed by atoms with Gasteiger partial charge in [-0.25, -0.2) is 19.2 Å². The summed E-state index contributed by atoms with van der Waals surface area (Å²) in [5.41, 5.74) is 3.42. The largest absolute Gasteiger partial charge is 0.444 e. The summed E-state index contributed by atoms with van der Waals surface area (Å²) in [5, 5.41) is 7.79. The summed E-state index contributed by atoms with van der Waals surface area (Å²) < 4.78 is 22.2. The van der Waals surface area contributed by atoms with E-state index in [-0.39, 0.29) is 17.7 Å². The van der Waals surface area contributed by atoms with Crippen molar-refractivity contribution in [3.05, 3.63) is 67.0 Å². The highest BCUT2D eigenvalue weighted by atomic mass is 19.1. The molecule has 4 heterocycles. The molecule has 1 saturated heterocycles. The minimum atomic E-state index is -0.535. The number of halogens is 1. The highest BCUT2D eigenvalue weighted by molar-refractivity contribution is 5.79. The number of piperazine rings is 1. The number of aryl methyl sites for hydroxylation is 1. The molecule has 1 amide bonds. The Labute approximate surface area is 232 Å². The van der Waals surface area contributed by atoms with E-state index in [2.05, 4.69) is 30.3 Å². The first-order chi connectivity index (χ1) is 19.2. The molecule has 40 heavy (non-hydrogen) atoms. The van der Waals surface area contributed by atoms with Gasteiger partial charge >= 0.3 is 6.09 Å². The third-order valence-electron chi connectivity index (χ3n) is 6.44. The molecule has 3 aromatic heterocycles. The van der Waals surface area contributed by atoms with Gasteiger partial charge in [0.05, 0.1) is 6.20 Å². The van der Waals surface area contributed by atoms with E-state index in [0.29, 0.717) is 44.0 Å². The lowest BCUT2D eigenvalue weighted by Gasteiger charge is -2.36. The molecular formula is C29H33FN8O2. The molecule has 5 rings (SSSR count). The molecule has 4 aromatic rings. The molecule has 0 atom stereocenters. The van der Waals surface area contributed by atoms with Crippen LogP contribution in [0.3, 0.4) is 0 Å². The SMILES string of the molecule is CCn1cc(-c2nc(Nc3ccc(N4CCN(C(=O)OC(C)(C)C)CC4)cc3)ncc2F)c(-c2cccnc2)n1. The molecule has 0 spiro atoms. The molecular weight excluding hydrogens is 511 g/mol. The summed E-state index contributed by atoms with van der Waals surface area (Å²) in [7, 11) is 0. The number of carbonyl (C=O) groups excluding carboxylic acids is 1. The van der Waals surface area contributed by atoms with Crippen LogP contribution in [-0.4, -0.2) is 67.5 Å². The van der Waals surface area contributed by atoms with E-state index in [0.717, 1.165) is 16.9 Å². The lowest BCUT2D eigenvalue weighted by atomic mass is 10.1. The minimum Gasteiger partial charge on any atom is -0.444 e. The lowest BCUT2D eigenvalue weighted by Crippen LogP contribution is -2.50. The third-order valence-corrected chi connectivity index (χ3v) is 6.44. The molecule has 0 bridgehead atoms. The van der Waals surface area contributed by atoms with Crippen LogP contribution in [0.4, 0.5) is 26.5 Å². The lowest BCUT2D eigenvalue weighted by molar-refractivity contribution is 0.0240. The van der Waals surface area contributed by atoms with Crippen molar-refractivity contribution in [2.24, 2.45) is 0 Å². The quantitative estimate of drug-likeness (QED) is 0.346. The van der Waals surface area contributed by atoms with Crippen molar-refractivity contribution < 1.29 is 13.9 Å². The maximum atomic E-state index is 15.0. The number of aromatic nitrogens is 5. The van der Waals surface area contributed by atoms with Crippen molar-refractivity contribution in [2.75, 3.05) is 36.4 Å². The van der Waals surface area contributed by atoms with Crippen molar-refractivity contribution in [2.45, 2.75) is 39.8 Å². The van der Waals surface area contributed by atoms with Crippen LogP contribution in [0, 0.1) is 5.82 Å². The van der Waals surface area contributed by atoms with Crippen LogP contribution in [0.15, 0.2) is 61.2 Å². The number of nitrogens with zero attached hydrogens (tertiary/aromatic N) is 7. The second-order valence-corrected chi connectivity index (χ2v) is 10.5. The summed E-state index contributed by atoms with van der Waals surface area (Å²) >= 11 is 0. The average Bonchev–Trinajstić information content (AvgIpc) is 3.39. The van der Waals surface area contributed by atoms with E-state index < -0.39 is 11.4 Å². The smallest absolute Gasteiger partial charge is 0.410 e. The first kappa shape index (κ1) is 27.0. The maximum absolute atomic E-state index is 15.0. The topological polar surface area (TPSA) is 101 Å². The average molecular weight is 545 g/mol. The molecule has 0 saturated carbocycles. The van der Waals surface area contributed by atoms with E-state index in [4.69, 9.17) is 4.74 Å². The highest BCUT2D eigenvalue weighted by Crippen LogP contribution is 2.32. The highest BCUT2D eigenvalue weighted by Gasteiger charge is 2.26. The number of pyridine rings is 1. The summed E-state index contributed by atoms with van der Waals surface area (Å²) in [5.74, 6) is -0.260. The van der Waals surface area contributed by atoms with Gasteiger partial charge in [0.2, 0.25) is 5.95 Å². The van der Waals surface area contributed by atoms with Gasteiger partial charge in [0.25, 0.3) is 0 Å². The van der Waals surface area contributed by atoms with Gasteiger partial charge in [-0.05, 0) is 64.1 Å². The molecule has 1 fully saturated rings. The van der Waals surface area contributed by atoms with Gasteiger partial charge in [-0.1, -0.05) is 0 Å². The number of benzene rings is 1. The molecule has 0 unspecified atom stereocenters. The molecule has 10 nitrogen and oxygen atoms in total. The van der Waals surface area contributed by atoms with Gasteiger partial charge < -0.3 is 19.9 Å². The number of amides is 1. The van der Waals surface area contributed by atoms with Crippen molar-refractivity contribution in [1.29, 1.82) is 0 Å². The molecule has 11 heteroatoms. The van der Waals surface area contributed by atoms with E-state index in [1.54, 1.807) is 28.2 Å². The molecule has 0 radical (unpaired) electrons. The summed E-state index contributed by atoms with van der Waals surface area (Å²) in [6, 6.07) is 11.6. The van der Waals surface area contributed by atoms with Gasteiger partial charge in [0.15, 0.2) is 5.82 Å². The van der Waals surface area contributed by atoms with Gasteiger partial charge in [-0.15, -0.1) is 0 Å². The summed E-state index contributed by atoms with van der Waals surface area (Å²) in [4.78, 5) is 29.2. The molecule has 208 valence electrons. The predicted octanol–water partition coefficient (Wildman–Crippen LogP) is 5.36. The number of nitrogens with one attached hydrogen (secondary N) is 1. The predicted molar refractivity (Wildman–Crippen MR) is 152 cm³/mol. The first-order valence-electron chi connectivity index (χ1n) is 13.3. The maximum Gasteiger partial charge on any atom is 0.410 e. The Bertz CT molecular complexity index is 1460. The Morgan fingerprint density at radius 2 is 1.80 bits per heavy atom. The third kappa shape index (κ3) is 6.19. The monoisotopic (exact) mass is 544 g/mol. The first-order valence-corrected chi connectivity index (χ1v) is 13.3. The van der Waals surface area contributed by atoms with Crippen molar-refractivity contribution in [3.8, 4) is 22.5 Å². The van der Waals surface area contributed by atoms with Crippen LogP contribution in [0.5, 0.6) is 0 Å². The van der Waals surface area contributed by atoms with Gasteiger partial charge in [-0.3, -0.25) is 9.67 Å². The zero-order valence-electron chi connectivity index (χ0n) is 23.1. The van der Waals surface area contributed by atoms with Crippen LogP contribution in [0.1, 0.15) is 27.7 Å². The normalized spacial score (nSPS) is 13.8. The van der Waals surface area contributed by atoms with Crippen molar-refractivity contribution in [3.63, 3.8) is 0 Å². The zero-order valence-corrected chi connectivity index (χ0v) is 23.1. The van der Waals surface area contributed by atoms with E-state index in [9.17, 15) is 9.18 Å². The van der Waals surface area contributed by atoms with E-state index in [1.807, 2.05) is 64.1 Å². The Kier molecular flexibility index (Phi) is 7.63. The fourth-order valence-corrected chi connectivity index (χ4v) is 4.45. The standard InChI is InChI=1S/C29H33FN8O2/c1-5-38-19-23(25(35-38)20-7-6-12-31-17-20)26-24(30)18-32-27(34-26)33-21-8-10-22(11-9-21)36-13-15-37(16-14-36)28(39)40-29(2,3)4/h6-12,17-19H,5,13-16H2,1-4H3,(H,32,33,34). The summed E-state index contributed by atoms with van der Waals surface area (Å²) in [6.45, 7) is 10.8. The molecule has 1 aromatic carbocycles. The second-order valence-electron chi connectivity index (χ2n) is 10.5. The number of hydrogen-bond acceptors (Lipinski definition) is 8. The van der Waals surface area contributed by atoms with Crippen molar-refractivity contribution >= 4 is 23.4 Å². The van der Waals surface area contributed by atoms with Gasteiger partial charge in [-0.2, -0.15) is 5.10 Å². The van der Waals surface area contributed by atoms with Crippen LogP contribution in [-0.2, 0) is 11.3 Å². The number of carbonyl (C=O) groups is 1. The van der Waals surface area contributed by atoms with Gasteiger partial charge in [0, 0.05) is 73.8 Å². The Balaban J connectivity index is 1.28. The number of hydrogen-bond donors (Lipinski definition) is 1. The fourth-order valence-electron chi connectivity index (χ4n) is 4.45. The van der Waals surface area contributed by atoms with E-state index >= 15 is 0 Å². The minimum absolute atomic E-state index is 0.163. The van der Waals surface area contributed by atoms with Crippen molar-refractivity contribution in [1.82, 2.24) is 29.6 Å². The Morgan fingerprint density at radius 1 is 1.05 bits per heavy atom. The molecule has 1 N–H and O–H groups in total. The Hall–Kier alpha value is -4.54. The second kappa shape index (κ2) is 11.3. The van der Waals surface area contributed by atoms with Crippen LogP contribution in [0.25, 0.3) is 22.5 Å². The zero-order chi connectivity index (χ0) is 28.3. The Morgan fingerprint density at radius 3 is 2.45 bits per heavy atom. The molecule has 0 aliphatic carbocycles. The number of anilines is 3.